The van der Waals surface area contributed by atoms with Crippen molar-refractivity contribution in [2.24, 2.45) is 4.99 Å². The van der Waals surface area contributed by atoms with E-state index in [9.17, 15) is 0 Å². The molecule has 2 aliphatic heterocycles. The summed E-state index contributed by atoms with van der Waals surface area (Å²) in [5.74, 6) is 2.56. The fourth-order valence-electron chi connectivity index (χ4n) is 3.37. The number of guanidine groups is 1. The van der Waals surface area contributed by atoms with E-state index in [1.165, 1.54) is 5.56 Å². The van der Waals surface area contributed by atoms with Crippen molar-refractivity contribution in [3.05, 3.63) is 23.8 Å². The molecule has 1 fully saturated rings. The van der Waals surface area contributed by atoms with Crippen LogP contribution in [0.2, 0.25) is 0 Å². The number of hydrogen-bond acceptors (Lipinski definition) is 5. The van der Waals surface area contributed by atoms with Gasteiger partial charge in [-0.1, -0.05) is 6.07 Å². The predicted molar refractivity (Wildman–Crippen MR) is 124 cm³/mol. The van der Waals surface area contributed by atoms with Crippen molar-refractivity contribution >= 4 is 29.9 Å². The normalized spacial score (nSPS) is 18.5. The van der Waals surface area contributed by atoms with Crippen LogP contribution in [0.5, 0.6) is 11.5 Å². The van der Waals surface area contributed by atoms with E-state index in [2.05, 4.69) is 53.5 Å². The molecule has 2 N–H and O–H groups in total. The van der Waals surface area contributed by atoms with Crippen LogP contribution in [0.15, 0.2) is 23.2 Å². The molecule has 0 aromatic heterocycles. The second-order valence-electron chi connectivity index (χ2n) is 7.27. The second-order valence-corrected chi connectivity index (χ2v) is 7.27. The van der Waals surface area contributed by atoms with Crippen LogP contribution in [-0.4, -0.2) is 81.5 Å². The fraction of sp³-hybridized carbons (Fsp3) is 0.650. The SMILES string of the molecule is CCNC(=NCC(C)N1CCN(C)CC1)NCCc1ccc2c(c1)OCO2.I. The van der Waals surface area contributed by atoms with Gasteiger partial charge in [-0.25, -0.2) is 0 Å². The maximum Gasteiger partial charge on any atom is 0.231 e. The zero-order chi connectivity index (χ0) is 19.1. The van der Waals surface area contributed by atoms with Crippen LogP contribution in [0.3, 0.4) is 0 Å². The average molecular weight is 503 g/mol. The topological polar surface area (TPSA) is 61.4 Å². The van der Waals surface area contributed by atoms with Crippen molar-refractivity contribution in [3.63, 3.8) is 0 Å². The van der Waals surface area contributed by atoms with E-state index in [0.717, 1.165) is 69.7 Å². The highest BCUT2D eigenvalue weighted by Gasteiger charge is 2.18. The van der Waals surface area contributed by atoms with Gasteiger partial charge in [-0.15, -0.1) is 24.0 Å². The molecule has 1 atom stereocenters. The minimum absolute atomic E-state index is 0. The molecule has 8 heteroatoms. The Hall–Kier alpha value is -1.26. The Labute approximate surface area is 185 Å². The number of halogens is 1. The molecule has 1 aromatic carbocycles. The van der Waals surface area contributed by atoms with Gasteiger partial charge in [0.2, 0.25) is 6.79 Å². The van der Waals surface area contributed by atoms with Crippen LogP contribution in [0, 0.1) is 0 Å². The number of nitrogens with zero attached hydrogens (tertiary/aromatic N) is 3. The first-order valence-electron chi connectivity index (χ1n) is 9.99. The number of piperazine rings is 1. The van der Waals surface area contributed by atoms with Crippen LogP contribution in [0.25, 0.3) is 0 Å². The minimum Gasteiger partial charge on any atom is -0.454 e. The highest BCUT2D eigenvalue weighted by atomic mass is 127. The summed E-state index contributed by atoms with van der Waals surface area (Å²) in [4.78, 5) is 9.70. The number of fused-ring (bicyclic) bond motifs is 1. The zero-order valence-corrected chi connectivity index (χ0v) is 19.6. The summed E-state index contributed by atoms with van der Waals surface area (Å²) in [5.41, 5.74) is 1.23. The number of ether oxygens (including phenoxy) is 2. The van der Waals surface area contributed by atoms with Crippen molar-refractivity contribution in [2.75, 3.05) is 59.7 Å². The molecular formula is C20H34IN5O2. The summed E-state index contributed by atoms with van der Waals surface area (Å²) in [7, 11) is 2.19. The molecule has 1 aromatic rings. The number of hydrogen-bond donors (Lipinski definition) is 2. The monoisotopic (exact) mass is 503 g/mol. The fourth-order valence-corrected chi connectivity index (χ4v) is 3.37. The lowest BCUT2D eigenvalue weighted by Gasteiger charge is -2.35. The van der Waals surface area contributed by atoms with Crippen molar-refractivity contribution in [2.45, 2.75) is 26.3 Å². The van der Waals surface area contributed by atoms with Gasteiger partial charge >= 0.3 is 0 Å². The first-order valence-corrected chi connectivity index (χ1v) is 9.99. The Kier molecular flexibility index (Phi) is 9.60. The third kappa shape index (κ3) is 6.66. The van der Waals surface area contributed by atoms with E-state index in [-0.39, 0.29) is 24.0 Å². The molecule has 0 amide bonds. The Balaban J connectivity index is 0.00000280. The van der Waals surface area contributed by atoms with Crippen molar-refractivity contribution in [1.82, 2.24) is 20.4 Å². The standard InChI is InChI=1S/C20H33N5O2.HI/c1-4-21-20(23-14-16(2)25-11-9-24(3)10-12-25)22-8-7-17-5-6-18-19(13-17)27-15-26-18;/h5-6,13,16H,4,7-12,14-15H2,1-3H3,(H2,21,22,23);1H. The van der Waals surface area contributed by atoms with E-state index >= 15 is 0 Å². The molecule has 2 aliphatic rings. The Bertz CT molecular complexity index is 635. The molecule has 0 bridgehead atoms. The van der Waals surface area contributed by atoms with E-state index < -0.39 is 0 Å². The lowest BCUT2D eigenvalue weighted by Crippen LogP contribution is -2.49. The summed E-state index contributed by atoms with van der Waals surface area (Å²) in [6.07, 6.45) is 0.912. The van der Waals surface area contributed by atoms with Gasteiger partial charge in [0.15, 0.2) is 17.5 Å². The number of benzene rings is 1. The van der Waals surface area contributed by atoms with E-state index in [1.54, 1.807) is 0 Å². The number of aliphatic imine (C=N–C) groups is 1. The number of likely N-dealkylation sites (N-methyl/N-ethyl adjacent to an activating group) is 1. The van der Waals surface area contributed by atoms with Crippen LogP contribution in [-0.2, 0) is 6.42 Å². The van der Waals surface area contributed by atoms with Gasteiger partial charge in [-0.05, 0) is 45.0 Å². The smallest absolute Gasteiger partial charge is 0.231 e. The molecule has 0 saturated carbocycles. The van der Waals surface area contributed by atoms with Gasteiger partial charge in [-0.3, -0.25) is 9.89 Å². The summed E-state index contributed by atoms with van der Waals surface area (Å²) in [6.45, 7) is 11.7. The van der Waals surface area contributed by atoms with Crippen LogP contribution < -0.4 is 20.1 Å². The largest absolute Gasteiger partial charge is 0.454 e. The van der Waals surface area contributed by atoms with Gasteiger partial charge in [0.05, 0.1) is 6.54 Å². The van der Waals surface area contributed by atoms with Crippen LogP contribution >= 0.6 is 24.0 Å². The molecular weight excluding hydrogens is 469 g/mol. The lowest BCUT2D eigenvalue weighted by atomic mass is 10.1. The number of rotatable bonds is 7. The molecule has 7 nitrogen and oxygen atoms in total. The van der Waals surface area contributed by atoms with Gasteiger partial charge in [0.25, 0.3) is 0 Å². The zero-order valence-electron chi connectivity index (χ0n) is 17.2. The molecule has 0 spiro atoms. The average Bonchev–Trinajstić information content (AvgIpc) is 3.14. The predicted octanol–water partition coefficient (Wildman–Crippen LogP) is 1.77. The molecule has 2 heterocycles. The first kappa shape index (κ1) is 23.0. The quantitative estimate of drug-likeness (QED) is 0.336. The van der Waals surface area contributed by atoms with Crippen molar-refractivity contribution in [3.8, 4) is 11.5 Å². The van der Waals surface area contributed by atoms with Crippen molar-refractivity contribution < 1.29 is 9.47 Å². The minimum atomic E-state index is 0. The molecule has 0 aliphatic carbocycles. The maximum absolute atomic E-state index is 5.45. The second kappa shape index (κ2) is 11.7. The molecule has 3 rings (SSSR count). The highest BCUT2D eigenvalue weighted by molar-refractivity contribution is 14.0. The number of nitrogens with one attached hydrogen (secondary N) is 2. The molecule has 28 heavy (non-hydrogen) atoms. The summed E-state index contributed by atoms with van der Waals surface area (Å²) in [6, 6.07) is 6.59. The van der Waals surface area contributed by atoms with E-state index in [0.29, 0.717) is 12.8 Å². The van der Waals surface area contributed by atoms with Crippen LogP contribution in [0.1, 0.15) is 19.4 Å². The van der Waals surface area contributed by atoms with E-state index in [1.807, 2.05) is 6.07 Å². The molecule has 1 saturated heterocycles. The summed E-state index contributed by atoms with van der Waals surface area (Å²) in [5, 5.41) is 6.79. The Morgan fingerprint density at radius 2 is 1.89 bits per heavy atom. The van der Waals surface area contributed by atoms with Gasteiger partial charge in [0.1, 0.15) is 0 Å². The molecule has 158 valence electrons. The Morgan fingerprint density at radius 1 is 1.14 bits per heavy atom. The third-order valence-electron chi connectivity index (χ3n) is 5.16. The molecule has 1 unspecified atom stereocenters. The third-order valence-corrected chi connectivity index (χ3v) is 5.16. The summed E-state index contributed by atoms with van der Waals surface area (Å²) >= 11 is 0. The Morgan fingerprint density at radius 3 is 2.64 bits per heavy atom. The van der Waals surface area contributed by atoms with Gasteiger partial charge in [0, 0.05) is 45.3 Å². The van der Waals surface area contributed by atoms with Crippen molar-refractivity contribution in [1.29, 1.82) is 0 Å². The van der Waals surface area contributed by atoms with E-state index in [4.69, 9.17) is 14.5 Å². The van der Waals surface area contributed by atoms with Crippen LogP contribution in [0.4, 0.5) is 0 Å². The molecule has 0 radical (unpaired) electrons. The lowest BCUT2D eigenvalue weighted by molar-refractivity contribution is 0.122. The first-order chi connectivity index (χ1) is 13.2. The van der Waals surface area contributed by atoms with Gasteiger partial charge in [-0.2, -0.15) is 0 Å². The highest BCUT2D eigenvalue weighted by Crippen LogP contribution is 2.32. The van der Waals surface area contributed by atoms with Gasteiger partial charge < -0.3 is 25.0 Å². The summed E-state index contributed by atoms with van der Waals surface area (Å²) < 4.78 is 10.8. The maximum atomic E-state index is 5.45.